The lowest BCUT2D eigenvalue weighted by atomic mass is 10.1. The Morgan fingerprint density at radius 1 is 1.16 bits per heavy atom. The molecule has 1 rings (SSSR count). The number of hydrogen-bond acceptors (Lipinski definition) is 4. The average molecular weight is 299 g/mol. The minimum atomic E-state index is -1.05. The Kier molecular flexibility index (Phi) is 6.80. The molecule has 0 spiro atoms. The SMILES string of the molecule is O=C(N[C@@H](Cc1ccccc1)C(=O)O)C(CS)CS. The fourth-order valence-corrected chi connectivity index (χ4v) is 2.36. The zero-order valence-corrected chi connectivity index (χ0v) is 12.1. The van der Waals surface area contributed by atoms with Crippen LogP contribution in [-0.4, -0.2) is 34.5 Å². The average Bonchev–Trinajstić information content (AvgIpc) is 2.40. The number of hydrogen-bond donors (Lipinski definition) is 4. The number of amides is 1. The first-order valence-corrected chi connectivity index (χ1v) is 7.13. The van der Waals surface area contributed by atoms with E-state index in [0.29, 0.717) is 11.5 Å². The number of carboxylic acid groups (broad SMARTS) is 1. The predicted octanol–water partition coefficient (Wildman–Crippen LogP) is 1.27. The summed E-state index contributed by atoms with van der Waals surface area (Å²) in [5.74, 6) is -1.08. The number of nitrogens with one attached hydrogen (secondary N) is 1. The van der Waals surface area contributed by atoms with E-state index in [1.807, 2.05) is 30.3 Å². The van der Waals surface area contributed by atoms with Crippen molar-refractivity contribution in [1.29, 1.82) is 0 Å². The van der Waals surface area contributed by atoms with Gasteiger partial charge in [-0.05, 0) is 5.56 Å². The highest BCUT2D eigenvalue weighted by Gasteiger charge is 2.24. The second-order valence-electron chi connectivity index (χ2n) is 4.15. The van der Waals surface area contributed by atoms with E-state index >= 15 is 0 Å². The summed E-state index contributed by atoms with van der Waals surface area (Å²) in [7, 11) is 0. The van der Waals surface area contributed by atoms with Gasteiger partial charge in [-0.25, -0.2) is 4.79 Å². The lowest BCUT2D eigenvalue weighted by Gasteiger charge is -2.18. The van der Waals surface area contributed by atoms with Crippen LogP contribution in [0.2, 0.25) is 0 Å². The standard InChI is InChI=1S/C13H17NO3S2/c15-12(10(7-18)8-19)14-11(13(16)17)6-9-4-2-1-3-5-9/h1-5,10-11,18-19H,6-8H2,(H,14,15)(H,16,17)/t11-/m0/s1. The number of rotatable bonds is 7. The van der Waals surface area contributed by atoms with Crippen molar-refractivity contribution >= 4 is 37.1 Å². The highest BCUT2D eigenvalue weighted by Crippen LogP contribution is 2.07. The summed E-state index contributed by atoms with van der Waals surface area (Å²) in [4.78, 5) is 23.0. The van der Waals surface area contributed by atoms with Crippen LogP contribution in [0.25, 0.3) is 0 Å². The van der Waals surface area contributed by atoms with Crippen LogP contribution in [0.3, 0.4) is 0 Å². The Hall–Kier alpha value is -1.14. The van der Waals surface area contributed by atoms with Gasteiger partial charge in [0.25, 0.3) is 0 Å². The number of carboxylic acids is 1. The van der Waals surface area contributed by atoms with Crippen molar-refractivity contribution in [3.05, 3.63) is 35.9 Å². The molecule has 0 aliphatic carbocycles. The first-order chi connectivity index (χ1) is 9.08. The van der Waals surface area contributed by atoms with Crippen LogP contribution in [0.4, 0.5) is 0 Å². The van der Waals surface area contributed by atoms with Crippen molar-refractivity contribution in [1.82, 2.24) is 5.32 Å². The normalized spacial score (nSPS) is 12.2. The van der Waals surface area contributed by atoms with E-state index < -0.39 is 12.0 Å². The molecule has 1 amide bonds. The minimum Gasteiger partial charge on any atom is -0.480 e. The molecule has 4 nitrogen and oxygen atoms in total. The summed E-state index contributed by atoms with van der Waals surface area (Å²) in [6.07, 6.45) is 0.258. The van der Waals surface area contributed by atoms with Gasteiger partial charge in [-0.2, -0.15) is 25.3 Å². The van der Waals surface area contributed by atoms with Crippen molar-refractivity contribution < 1.29 is 14.7 Å². The quantitative estimate of drug-likeness (QED) is 0.573. The van der Waals surface area contributed by atoms with Crippen LogP contribution in [0.5, 0.6) is 0 Å². The van der Waals surface area contributed by atoms with E-state index in [1.165, 1.54) is 0 Å². The smallest absolute Gasteiger partial charge is 0.326 e. The first-order valence-electron chi connectivity index (χ1n) is 5.87. The van der Waals surface area contributed by atoms with E-state index in [1.54, 1.807) is 0 Å². The lowest BCUT2D eigenvalue weighted by molar-refractivity contribution is -0.142. The zero-order chi connectivity index (χ0) is 14.3. The van der Waals surface area contributed by atoms with E-state index in [2.05, 4.69) is 30.6 Å². The molecule has 0 aromatic heterocycles. The maximum Gasteiger partial charge on any atom is 0.326 e. The summed E-state index contributed by atoms with van der Waals surface area (Å²) in [6, 6.07) is 8.25. The maximum absolute atomic E-state index is 11.8. The highest BCUT2D eigenvalue weighted by atomic mass is 32.1. The fourth-order valence-electron chi connectivity index (χ4n) is 1.56. The third kappa shape index (κ3) is 5.16. The van der Waals surface area contributed by atoms with Crippen molar-refractivity contribution in [2.75, 3.05) is 11.5 Å². The molecule has 0 bridgehead atoms. The first kappa shape index (κ1) is 15.9. The molecule has 0 radical (unpaired) electrons. The number of aliphatic carboxylic acids is 1. The number of thiol groups is 2. The Morgan fingerprint density at radius 2 is 1.74 bits per heavy atom. The van der Waals surface area contributed by atoms with E-state index in [0.717, 1.165) is 5.56 Å². The molecule has 0 heterocycles. The van der Waals surface area contributed by atoms with Gasteiger partial charge >= 0.3 is 5.97 Å². The van der Waals surface area contributed by atoms with E-state index in [9.17, 15) is 9.59 Å². The van der Waals surface area contributed by atoms with Gasteiger partial charge in [-0.3, -0.25) is 4.79 Å². The highest BCUT2D eigenvalue weighted by molar-refractivity contribution is 7.81. The van der Waals surface area contributed by atoms with Crippen LogP contribution in [0, 0.1) is 5.92 Å². The molecule has 1 atom stereocenters. The summed E-state index contributed by atoms with van der Waals surface area (Å²) in [5.41, 5.74) is 0.864. The largest absolute Gasteiger partial charge is 0.480 e. The van der Waals surface area contributed by atoms with Crippen molar-refractivity contribution in [3.63, 3.8) is 0 Å². The molecule has 2 N–H and O–H groups in total. The fraction of sp³-hybridized carbons (Fsp3) is 0.385. The van der Waals surface area contributed by atoms with E-state index in [-0.39, 0.29) is 18.2 Å². The Morgan fingerprint density at radius 3 is 2.21 bits per heavy atom. The molecule has 0 saturated carbocycles. The molecule has 104 valence electrons. The second-order valence-corrected chi connectivity index (χ2v) is 4.88. The van der Waals surface area contributed by atoms with Gasteiger partial charge in [0.15, 0.2) is 0 Å². The molecule has 6 heteroatoms. The van der Waals surface area contributed by atoms with Crippen molar-refractivity contribution in [3.8, 4) is 0 Å². The molecule has 0 unspecified atom stereocenters. The molecule has 1 aromatic rings. The van der Waals surface area contributed by atoms with Crippen LogP contribution in [-0.2, 0) is 16.0 Å². The van der Waals surface area contributed by atoms with Crippen LogP contribution in [0.15, 0.2) is 30.3 Å². The predicted molar refractivity (Wildman–Crippen MR) is 80.9 cm³/mol. The van der Waals surface area contributed by atoms with Crippen LogP contribution >= 0.6 is 25.3 Å². The lowest BCUT2D eigenvalue weighted by Crippen LogP contribution is -2.45. The minimum absolute atomic E-state index is 0.258. The van der Waals surface area contributed by atoms with Gasteiger partial charge in [0.1, 0.15) is 6.04 Å². The van der Waals surface area contributed by atoms with Crippen molar-refractivity contribution in [2.45, 2.75) is 12.5 Å². The summed E-state index contributed by atoms with van der Waals surface area (Å²) in [6.45, 7) is 0. The molecular formula is C13H17NO3S2. The van der Waals surface area contributed by atoms with Gasteiger partial charge in [0.05, 0.1) is 5.92 Å². The maximum atomic E-state index is 11.8. The van der Waals surface area contributed by atoms with Crippen LogP contribution in [0.1, 0.15) is 5.56 Å². The third-order valence-corrected chi connectivity index (χ3v) is 3.59. The molecule has 0 saturated heterocycles. The van der Waals surface area contributed by atoms with Gasteiger partial charge in [-0.1, -0.05) is 30.3 Å². The summed E-state index contributed by atoms with van der Waals surface area (Å²) >= 11 is 8.10. The van der Waals surface area contributed by atoms with Gasteiger partial charge in [0, 0.05) is 17.9 Å². The molecule has 1 aromatic carbocycles. The molecular weight excluding hydrogens is 282 g/mol. The molecule has 0 fully saturated rings. The monoisotopic (exact) mass is 299 g/mol. The van der Waals surface area contributed by atoms with Gasteiger partial charge < -0.3 is 10.4 Å². The molecule has 19 heavy (non-hydrogen) atoms. The van der Waals surface area contributed by atoms with Gasteiger partial charge in [0.2, 0.25) is 5.91 Å². The Balaban J connectivity index is 2.69. The third-order valence-electron chi connectivity index (χ3n) is 2.71. The Bertz CT molecular complexity index is 421. The number of benzene rings is 1. The summed E-state index contributed by atoms with van der Waals surface area (Å²) in [5, 5.41) is 11.7. The van der Waals surface area contributed by atoms with E-state index in [4.69, 9.17) is 5.11 Å². The topological polar surface area (TPSA) is 66.4 Å². The molecule has 0 aliphatic rings. The Labute approximate surface area is 123 Å². The second kappa shape index (κ2) is 8.12. The number of carbonyl (C=O) groups excluding carboxylic acids is 1. The number of carbonyl (C=O) groups is 2. The molecule has 0 aliphatic heterocycles. The van der Waals surface area contributed by atoms with Crippen molar-refractivity contribution in [2.24, 2.45) is 5.92 Å². The van der Waals surface area contributed by atoms with Crippen LogP contribution < -0.4 is 5.32 Å². The summed E-state index contributed by atoms with van der Waals surface area (Å²) < 4.78 is 0. The van der Waals surface area contributed by atoms with Gasteiger partial charge in [-0.15, -0.1) is 0 Å². The zero-order valence-electron chi connectivity index (χ0n) is 10.3.